The highest BCUT2D eigenvalue weighted by atomic mass is 17.2. The second-order valence-electron chi connectivity index (χ2n) is 13.0. The van der Waals surface area contributed by atoms with Crippen molar-refractivity contribution in [2.45, 2.75) is 84.0 Å². The van der Waals surface area contributed by atoms with Crippen molar-refractivity contribution in [3.63, 3.8) is 0 Å². The van der Waals surface area contributed by atoms with E-state index in [0.29, 0.717) is 60.2 Å². The molecule has 304 valence electrons. The first-order chi connectivity index (χ1) is 27.2. The predicted octanol–water partition coefficient (Wildman–Crippen LogP) is 9.17. The van der Waals surface area contributed by atoms with Gasteiger partial charge in [0.05, 0.1) is 52.3 Å². The molecule has 1 N–H and O–H groups in total. The average molecular weight is 777 g/mol. The van der Waals surface area contributed by atoms with Crippen molar-refractivity contribution in [1.82, 2.24) is 0 Å². The minimum atomic E-state index is -0.921. The number of methoxy groups -OCH3 is 3. The smallest absolute Gasteiger partial charge is 0.365 e. The Balaban J connectivity index is 1.27. The van der Waals surface area contributed by atoms with Gasteiger partial charge in [0, 0.05) is 6.08 Å². The maximum atomic E-state index is 12.1. The van der Waals surface area contributed by atoms with Crippen LogP contribution in [0.15, 0.2) is 67.3 Å². The number of hydrogen-bond donors (Lipinski definition) is 1. The topological polar surface area (TPSA) is 145 Å². The summed E-state index contributed by atoms with van der Waals surface area (Å²) in [5, 5.41) is 9.86. The molecule has 0 atom stereocenters. The van der Waals surface area contributed by atoms with E-state index in [1.807, 2.05) is 24.3 Å². The quantitative estimate of drug-likeness (QED) is 0.0247. The number of hydrogen-bond acceptors (Lipinski definition) is 11. The second kappa shape index (κ2) is 25.7. The number of carbonyl (C=O) groups excluding carboxylic acids is 2. The third-order valence-electron chi connectivity index (χ3n) is 8.86. The van der Waals surface area contributed by atoms with E-state index in [2.05, 4.69) is 13.5 Å². The monoisotopic (exact) mass is 776 g/mol. The maximum absolute atomic E-state index is 12.1. The van der Waals surface area contributed by atoms with Crippen LogP contribution in [0.1, 0.15) is 104 Å². The fraction of sp³-hybridized carbons (Fsp3) is 0.432. The lowest BCUT2D eigenvalue weighted by molar-refractivity contribution is -0.267. The van der Waals surface area contributed by atoms with E-state index in [4.69, 9.17) is 38.5 Å². The summed E-state index contributed by atoms with van der Waals surface area (Å²) in [6.07, 6.45) is 13.2. The Hall–Kier alpha value is -5.33. The molecule has 12 heteroatoms. The highest BCUT2D eigenvalue weighted by molar-refractivity contribution is 6.15. The first-order valence-corrected chi connectivity index (χ1v) is 19.1. The van der Waals surface area contributed by atoms with Gasteiger partial charge in [0.2, 0.25) is 5.75 Å². The molecule has 12 nitrogen and oxygen atoms in total. The summed E-state index contributed by atoms with van der Waals surface area (Å²) in [5.41, 5.74) is 3.71. The van der Waals surface area contributed by atoms with E-state index in [1.165, 1.54) is 20.3 Å². The molecule has 0 heterocycles. The van der Waals surface area contributed by atoms with Gasteiger partial charge < -0.3 is 28.9 Å². The van der Waals surface area contributed by atoms with Crippen molar-refractivity contribution in [3.8, 4) is 23.0 Å². The summed E-state index contributed by atoms with van der Waals surface area (Å²) in [7, 11) is 4.36. The van der Waals surface area contributed by atoms with Crippen LogP contribution in [0.25, 0.3) is 11.6 Å². The van der Waals surface area contributed by atoms with E-state index >= 15 is 0 Å². The van der Waals surface area contributed by atoms with Crippen LogP contribution >= 0.6 is 0 Å². The largest absolute Gasteiger partial charge is 0.493 e. The average Bonchev–Trinajstić information content (AvgIpc) is 3.21. The van der Waals surface area contributed by atoms with E-state index in [-0.39, 0.29) is 12.2 Å². The summed E-state index contributed by atoms with van der Waals surface area (Å²) in [5.74, 6) is -0.0206. The van der Waals surface area contributed by atoms with Gasteiger partial charge in [0.25, 0.3) is 0 Å². The molecule has 0 unspecified atom stereocenters. The zero-order chi connectivity index (χ0) is 40.5. The molecule has 0 aliphatic rings. The van der Waals surface area contributed by atoms with Crippen LogP contribution in [0.5, 0.6) is 23.0 Å². The van der Waals surface area contributed by atoms with Crippen molar-refractivity contribution >= 4 is 29.6 Å². The molecule has 56 heavy (non-hydrogen) atoms. The fourth-order valence-corrected chi connectivity index (χ4v) is 5.67. The molecule has 0 bridgehead atoms. The van der Waals surface area contributed by atoms with Crippen molar-refractivity contribution < 1.29 is 58.0 Å². The Bertz CT molecular complexity index is 1730. The minimum Gasteiger partial charge on any atom is -0.493 e. The number of aromatic carboxylic acids is 1. The third-order valence-corrected chi connectivity index (χ3v) is 8.86. The predicted molar refractivity (Wildman–Crippen MR) is 213 cm³/mol. The molecule has 0 radical (unpaired) electrons. The van der Waals surface area contributed by atoms with Gasteiger partial charge in [-0.05, 0) is 104 Å². The molecule has 0 aliphatic carbocycles. The van der Waals surface area contributed by atoms with Gasteiger partial charge in [-0.2, -0.15) is 9.78 Å². The van der Waals surface area contributed by atoms with Crippen molar-refractivity contribution in [2.24, 2.45) is 0 Å². The molecule has 0 amide bonds. The van der Waals surface area contributed by atoms with E-state index < -0.39 is 17.9 Å². The maximum Gasteiger partial charge on any atom is 0.365 e. The van der Waals surface area contributed by atoms with Crippen LogP contribution in [-0.4, -0.2) is 64.2 Å². The summed E-state index contributed by atoms with van der Waals surface area (Å²) in [4.78, 5) is 56.6. The zero-order valence-electron chi connectivity index (χ0n) is 33.1. The lowest BCUT2D eigenvalue weighted by Crippen LogP contribution is -2.05. The van der Waals surface area contributed by atoms with Crippen molar-refractivity contribution in [3.05, 3.63) is 95.1 Å². The zero-order valence-corrected chi connectivity index (χ0v) is 33.1. The number of benzene rings is 3. The lowest BCUT2D eigenvalue weighted by Gasteiger charge is -2.11. The highest BCUT2D eigenvalue weighted by Crippen LogP contribution is 2.31. The molecule has 0 saturated heterocycles. The molecule has 0 saturated carbocycles. The van der Waals surface area contributed by atoms with Crippen molar-refractivity contribution in [1.29, 1.82) is 0 Å². The van der Waals surface area contributed by atoms with Gasteiger partial charge in [-0.25, -0.2) is 14.4 Å². The molecule has 0 aliphatic heterocycles. The first-order valence-electron chi connectivity index (χ1n) is 19.1. The lowest BCUT2D eigenvalue weighted by atomic mass is 9.96. The van der Waals surface area contributed by atoms with E-state index in [1.54, 1.807) is 43.5 Å². The van der Waals surface area contributed by atoms with Crippen LogP contribution in [0.3, 0.4) is 0 Å². The van der Waals surface area contributed by atoms with Gasteiger partial charge in [-0.1, -0.05) is 69.9 Å². The molecule has 3 rings (SSSR count). The molecule has 0 fully saturated rings. The van der Waals surface area contributed by atoms with Gasteiger partial charge in [0.15, 0.2) is 17.2 Å². The fourth-order valence-electron chi connectivity index (χ4n) is 5.67. The number of rotatable bonds is 28. The van der Waals surface area contributed by atoms with Crippen LogP contribution < -0.4 is 19.1 Å². The number of aryl methyl sites for hydroxylation is 2. The number of ether oxygens (including phenoxy) is 4. The van der Waals surface area contributed by atoms with Crippen molar-refractivity contribution in [2.75, 3.05) is 41.2 Å². The Morgan fingerprint density at radius 1 is 0.696 bits per heavy atom. The normalized spacial score (nSPS) is 10.9. The van der Waals surface area contributed by atoms with Gasteiger partial charge in [-0.15, -0.1) is 0 Å². The molecule has 0 aromatic heterocycles. The van der Waals surface area contributed by atoms with Crippen LogP contribution in [0.4, 0.5) is 0 Å². The summed E-state index contributed by atoms with van der Waals surface area (Å²) in [6, 6.07) is 16.1. The Morgan fingerprint density at radius 2 is 1.38 bits per heavy atom. The van der Waals surface area contributed by atoms with Crippen LogP contribution in [0.2, 0.25) is 0 Å². The number of unbranched alkanes of at least 4 members (excludes halogenated alkanes) is 7. The van der Waals surface area contributed by atoms with Gasteiger partial charge in [0.1, 0.15) is 0 Å². The third kappa shape index (κ3) is 15.8. The van der Waals surface area contributed by atoms with E-state index in [9.17, 15) is 19.5 Å². The molecular weight excluding hydrogens is 720 g/mol. The Morgan fingerprint density at radius 3 is 2.07 bits per heavy atom. The van der Waals surface area contributed by atoms with E-state index in [0.717, 1.165) is 80.9 Å². The van der Waals surface area contributed by atoms with Gasteiger partial charge in [-0.3, -0.25) is 4.89 Å². The minimum absolute atomic E-state index is 0.210. The Labute approximate surface area is 330 Å². The van der Waals surface area contributed by atoms with Crippen LogP contribution in [-0.2, 0) is 41.8 Å². The summed E-state index contributed by atoms with van der Waals surface area (Å²) >= 11 is 0. The van der Waals surface area contributed by atoms with Crippen LogP contribution in [0, 0.1) is 0 Å². The molecule has 3 aromatic rings. The summed E-state index contributed by atoms with van der Waals surface area (Å²) in [6.45, 7) is 7.12. The second-order valence-corrected chi connectivity index (χ2v) is 13.0. The van der Waals surface area contributed by atoms with Gasteiger partial charge >= 0.3 is 17.9 Å². The number of carbonyl (C=O) groups is 3. The SMILES string of the molecule is C=C(C(=O)OC)c1ccc(OOCCCCCCc2ccc(CCCCCCOOC(=O)/C=C/c3ccc(OCCCC)c(OC)c3)c(C(=O)O)c2)c(OC)c1. The molecule has 3 aromatic carbocycles. The highest BCUT2D eigenvalue weighted by Gasteiger charge is 2.15. The number of carboxylic acids is 1. The summed E-state index contributed by atoms with van der Waals surface area (Å²) < 4.78 is 21.2. The molecule has 0 spiro atoms. The standard InChI is InChI=1S/C44H56O12/c1-6-7-26-52-38-23-19-34(30-40(38)49-3)20-25-42(45)56-54-28-15-11-9-13-17-35-21-18-33(29-37(35)43(46)47)16-12-8-10-14-27-53-55-39-24-22-36(31-41(39)50-4)32(2)44(48)51-5/h18-25,29-31H,2,6-17,26-28H2,1,3-5H3,(H,46,47)/b25-20+. The number of esters is 1. The Kier molecular flexibility index (Phi) is 20.7. The molecular formula is C44H56O12. The first kappa shape index (κ1) is 45.1. The number of carboxylic acid groups (broad SMARTS) is 1.